The molecule has 0 aromatic heterocycles. The number of nitrogens with one attached hydrogen (secondary N) is 1. The zero-order valence-electron chi connectivity index (χ0n) is 11.9. The average Bonchev–Trinajstić information content (AvgIpc) is 3.00. The van der Waals surface area contributed by atoms with E-state index in [2.05, 4.69) is 24.2 Å². The zero-order chi connectivity index (χ0) is 12.8. The first-order valence-electron chi connectivity index (χ1n) is 7.32. The van der Waals surface area contributed by atoms with Crippen LogP contribution in [0.25, 0.3) is 0 Å². The predicted molar refractivity (Wildman–Crippen MR) is 72.9 cm³/mol. The van der Waals surface area contributed by atoms with Crippen LogP contribution in [0, 0.1) is 5.41 Å². The van der Waals surface area contributed by atoms with Crippen molar-refractivity contribution in [2.45, 2.75) is 32.2 Å². The van der Waals surface area contributed by atoms with E-state index in [9.17, 15) is 0 Å². The molecule has 2 atom stereocenters. The van der Waals surface area contributed by atoms with Gasteiger partial charge < -0.3 is 19.7 Å². The Hall–Kier alpha value is -0.160. The molecule has 2 aliphatic heterocycles. The lowest BCUT2D eigenvalue weighted by molar-refractivity contribution is 0.0926. The van der Waals surface area contributed by atoms with Gasteiger partial charge in [0.1, 0.15) is 0 Å². The SMILES string of the molecule is CCCNCC1(CN(C)C2CCOC2)CCOC1. The van der Waals surface area contributed by atoms with E-state index >= 15 is 0 Å². The second-order valence-corrected chi connectivity index (χ2v) is 5.91. The first-order chi connectivity index (χ1) is 8.76. The Balaban J connectivity index is 1.84. The maximum Gasteiger partial charge on any atom is 0.0622 e. The van der Waals surface area contributed by atoms with E-state index in [-0.39, 0.29) is 0 Å². The van der Waals surface area contributed by atoms with Crippen LogP contribution in [0.3, 0.4) is 0 Å². The van der Waals surface area contributed by atoms with Crippen molar-refractivity contribution in [3.8, 4) is 0 Å². The van der Waals surface area contributed by atoms with E-state index < -0.39 is 0 Å². The molecule has 2 aliphatic rings. The molecule has 0 amide bonds. The van der Waals surface area contributed by atoms with Crippen LogP contribution in [0.15, 0.2) is 0 Å². The van der Waals surface area contributed by atoms with E-state index in [0.717, 1.165) is 46.1 Å². The number of hydrogen-bond acceptors (Lipinski definition) is 4. The van der Waals surface area contributed by atoms with Gasteiger partial charge in [0.05, 0.1) is 13.2 Å². The fourth-order valence-corrected chi connectivity index (χ4v) is 3.03. The normalized spacial score (nSPS) is 32.5. The van der Waals surface area contributed by atoms with Gasteiger partial charge in [-0.3, -0.25) is 0 Å². The molecule has 2 unspecified atom stereocenters. The molecule has 0 spiro atoms. The number of ether oxygens (including phenoxy) is 2. The number of nitrogens with zero attached hydrogens (tertiary/aromatic N) is 1. The van der Waals surface area contributed by atoms with Crippen molar-refractivity contribution in [1.29, 1.82) is 0 Å². The summed E-state index contributed by atoms with van der Waals surface area (Å²) in [6.07, 6.45) is 3.56. The van der Waals surface area contributed by atoms with E-state index in [1.165, 1.54) is 19.3 Å². The lowest BCUT2D eigenvalue weighted by atomic mass is 9.86. The molecule has 0 saturated carbocycles. The molecule has 2 fully saturated rings. The van der Waals surface area contributed by atoms with E-state index in [1.54, 1.807) is 0 Å². The lowest BCUT2D eigenvalue weighted by Crippen LogP contribution is -2.47. The van der Waals surface area contributed by atoms with Gasteiger partial charge in [0, 0.05) is 37.8 Å². The highest BCUT2D eigenvalue weighted by Crippen LogP contribution is 2.30. The average molecular weight is 256 g/mol. The summed E-state index contributed by atoms with van der Waals surface area (Å²) < 4.78 is 11.1. The molecule has 18 heavy (non-hydrogen) atoms. The number of rotatable bonds is 7. The third-order valence-corrected chi connectivity index (χ3v) is 4.23. The highest BCUT2D eigenvalue weighted by atomic mass is 16.5. The first-order valence-corrected chi connectivity index (χ1v) is 7.32. The summed E-state index contributed by atoms with van der Waals surface area (Å²) in [5, 5.41) is 3.58. The van der Waals surface area contributed by atoms with Crippen molar-refractivity contribution in [2.24, 2.45) is 5.41 Å². The zero-order valence-corrected chi connectivity index (χ0v) is 11.9. The highest BCUT2D eigenvalue weighted by molar-refractivity contribution is 4.89. The molecule has 0 bridgehead atoms. The van der Waals surface area contributed by atoms with E-state index in [1.807, 2.05) is 0 Å². The molecule has 0 radical (unpaired) electrons. The summed E-state index contributed by atoms with van der Waals surface area (Å²) in [5.74, 6) is 0. The van der Waals surface area contributed by atoms with Gasteiger partial charge in [0.2, 0.25) is 0 Å². The summed E-state index contributed by atoms with van der Waals surface area (Å²) >= 11 is 0. The second kappa shape index (κ2) is 6.85. The Labute approximate surface area is 111 Å². The number of hydrogen-bond donors (Lipinski definition) is 1. The third-order valence-electron chi connectivity index (χ3n) is 4.23. The molecule has 2 saturated heterocycles. The minimum atomic E-state index is 0.312. The molecule has 0 aromatic rings. The minimum absolute atomic E-state index is 0.312. The van der Waals surface area contributed by atoms with Crippen LogP contribution in [0.5, 0.6) is 0 Å². The largest absolute Gasteiger partial charge is 0.381 e. The quantitative estimate of drug-likeness (QED) is 0.692. The predicted octanol–water partition coefficient (Wildman–Crippen LogP) is 1.11. The summed E-state index contributed by atoms with van der Waals surface area (Å²) in [7, 11) is 2.24. The van der Waals surface area contributed by atoms with Crippen molar-refractivity contribution in [3.05, 3.63) is 0 Å². The highest BCUT2D eigenvalue weighted by Gasteiger charge is 2.37. The van der Waals surface area contributed by atoms with Crippen molar-refractivity contribution < 1.29 is 9.47 Å². The molecular weight excluding hydrogens is 228 g/mol. The first kappa shape index (κ1) is 14.3. The van der Waals surface area contributed by atoms with Crippen LogP contribution in [0.1, 0.15) is 26.2 Å². The van der Waals surface area contributed by atoms with Gasteiger partial charge in [-0.2, -0.15) is 0 Å². The smallest absolute Gasteiger partial charge is 0.0622 e. The van der Waals surface area contributed by atoms with Crippen molar-refractivity contribution in [1.82, 2.24) is 10.2 Å². The Morgan fingerprint density at radius 1 is 1.33 bits per heavy atom. The summed E-state index contributed by atoms with van der Waals surface area (Å²) in [6, 6.07) is 0.605. The van der Waals surface area contributed by atoms with Crippen LogP contribution >= 0.6 is 0 Å². The third kappa shape index (κ3) is 3.67. The van der Waals surface area contributed by atoms with Crippen LogP contribution < -0.4 is 5.32 Å². The Kier molecular flexibility index (Phi) is 5.42. The molecular formula is C14H28N2O2. The molecule has 0 aliphatic carbocycles. The summed E-state index contributed by atoms with van der Waals surface area (Å²) in [5.41, 5.74) is 0.312. The Bertz CT molecular complexity index is 236. The van der Waals surface area contributed by atoms with Crippen molar-refractivity contribution in [2.75, 3.05) is 53.1 Å². The van der Waals surface area contributed by atoms with Gasteiger partial charge in [0.15, 0.2) is 0 Å². The van der Waals surface area contributed by atoms with Crippen molar-refractivity contribution >= 4 is 0 Å². The fourth-order valence-electron chi connectivity index (χ4n) is 3.03. The monoisotopic (exact) mass is 256 g/mol. The molecule has 1 N–H and O–H groups in total. The molecule has 0 aromatic carbocycles. The molecule has 2 heterocycles. The van der Waals surface area contributed by atoms with Gasteiger partial charge in [-0.05, 0) is 32.9 Å². The van der Waals surface area contributed by atoms with Crippen LogP contribution in [0.4, 0.5) is 0 Å². The van der Waals surface area contributed by atoms with Crippen LogP contribution in [-0.4, -0.2) is 64.1 Å². The molecule has 4 nitrogen and oxygen atoms in total. The number of likely N-dealkylation sites (N-methyl/N-ethyl adjacent to an activating group) is 1. The van der Waals surface area contributed by atoms with Gasteiger partial charge in [-0.15, -0.1) is 0 Å². The van der Waals surface area contributed by atoms with Gasteiger partial charge in [-0.25, -0.2) is 0 Å². The maximum atomic E-state index is 5.66. The molecule has 4 heteroatoms. The minimum Gasteiger partial charge on any atom is -0.381 e. The Morgan fingerprint density at radius 2 is 2.22 bits per heavy atom. The van der Waals surface area contributed by atoms with E-state index in [4.69, 9.17) is 9.47 Å². The summed E-state index contributed by atoms with van der Waals surface area (Å²) in [4.78, 5) is 2.48. The van der Waals surface area contributed by atoms with Crippen LogP contribution in [-0.2, 0) is 9.47 Å². The lowest BCUT2D eigenvalue weighted by Gasteiger charge is -2.35. The van der Waals surface area contributed by atoms with E-state index in [0.29, 0.717) is 11.5 Å². The van der Waals surface area contributed by atoms with Gasteiger partial charge in [-0.1, -0.05) is 6.92 Å². The topological polar surface area (TPSA) is 33.7 Å². The Morgan fingerprint density at radius 3 is 2.83 bits per heavy atom. The van der Waals surface area contributed by atoms with Crippen molar-refractivity contribution in [3.63, 3.8) is 0 Å². The van der Waals surface area contributed by atoms with Crippen LogP contribution in [0.2, 0.25) is 0 Å². The fraction of sp³-hybridized carbons (Fsp3) is 1.00. The maximum absolute atomic E-state index is 5.66. The molecule has 106 valence electrons. The molecule has 2 rings (SSSR count). The summed E-state index contributed by atoms with van der Waals surface area (Å²) in [6.45, 7) is 9.17. The van der Waals surface area contributed by atoms with Gasteiger partial charge in [0.25, 0.3) is 0 Å². The van der Waals surface area contributed by atoms with Gasteiger partial charge >= 0.3 is 0 Å². The standard InChI is InChI=1S/C14H28N2O2/c1-3-6-15-10-14(5-8-18-12-14)11-16(2)13-4-7-17-9-13/h13,15H,3-12H2,1-2H3. The second-order valence-electron chi connectivity index (χ2n) is 5.91.